The molecule has 2 rings (SSSR count). The van der Waals surface area contributed by atoms with Crippen LogP contribution in [0.25, 0.3) is 0 Å². The Morgan fingerprint density at radius 1 is 1.75 bits per heavy atom. The van der Waals surface area contributed by atoms with E-state index in [9.17, 15) is 0 Å². The molecular weight excluding hydrogens is 236 g/mol. The van der Waals surface area contributed by atoms with E-state index in [4.69, 9.17) is 5.73 Å². The van der Waals surface area contributed by atoms with E-state index >= 15 is 0 Å². The molecule has 0 aromatic carbocycles. The highest BCUT2D eigenvalue weighted by molar-refractivity contribution is 9.11. The molecule has 0 radical (unpaired) electrons. The Kier molecular flexibility index (Phi) is 2.01. The fourth-order valence-electron chi connectivity index (χ4n) is 1.56. The Morgan fingerprint density at radius 2 is 2.42 bits per heavy atom. The lowest BCUT2D eigenvalue weighted by molar-refractivity contribution is 0.544. The average Bonchev–Trinajstić information content (AvgIpc) is 2.71. The summed E-state index contributed by atoms with van der Waals surface area (Å²) >= 11 is 5.01. The molecule has 1 aromatic rings. The van der Waals surface area contributed by atoms with E-state index in [1.54, 1.807) is 11.3 Å². The van der Waals surface area contributed by atoms with Crippen LogP contribution in [0.4, 0.5) is 0 Å². The van der Waals surface area contributed by atoms with Gasteiger partial charge in [-0.05, 0) is 35.7 Å². The predicted molar refractivity (Wildman–Crippen MR) is 54.4 cm³/mol. The van der Waals surface area contributed by atoms with Gasteiger partial charge in [0.1, 0.15) is 0 Å². The third kappa shape index (κ3) is 1.22. The van der Waals surface area contributed by atoms with Crippen molar-refractivity contribution >= 4 is 27.3 Å². The van der Waals surface area contributed by atoms with Crippen molar-refractivity contribution in [3.63, 3.8) is 0 Å². The summed E-state index contributed by atoms with van der Waals surface area (Å²) in [5, 5.41) is 2.11. The fraction of sp³-hybridized carbons (Fsp3) is 0.625. The van der Waals surface area contributed by atoms with Crippen molar-refractivity contribution in [1.82, 2.24) is 4.98 Å². The molecule has 0 amide bonds. The van der Waals surface area contributed by atoms with E-state index in [0.29, 0.717) is 0 Å². The first-order chi connectivity index (χ1) is 5.65. The highest BCUT2D eigenvalue weighted by atomic mass is 79.9. The number of halogens is 1. The van der Waals surface area contributed by atoms with Gasteiger partial charge in [-0.25, -0.2) is 4.98 Å². The number of thiazole rings is 1. The van der Waals surface area contributed by atoms with E-state index in [1.165, 1.54) is 18.5 Å². The van der Waals surface area contributed by atoms with Crippen LogP contribution in [0.5, 0.6) is 0 Å². The van der Waals surface area contributed by atoms with E-state index < -0.39 is 0 Å². The number of aromatic nitrogens is 1. The molecule has 2 N–H and O–H groups in total. The second-order valence-corrected chi connectivity index (χ2v) is 5.56. The van der Waals surface area contributed by atoms with Crippen LogP contribution in [0, 0.1) is 0 Å². The van der Waals surface area contributed by atoms with Crippen LogP contribution < -0.4 is 5.73 Å². The molecule has 0 saturated heterocycles. The monoisotopic (exact) mass is 246 g/mol. The highest BCUT2D eigenvalue weighted by Crippen LogP contribution is 2.50. The summed E-state index contributed by atoms with van der Waals surface area (Å²) in [6.45, 7) is 2.07. The normalized spacial score (nSPS) is 22.2. The van der Waals surface area contributed by atoms with Crippen LogP contribution in [0.2, 0.25) is 0 Å². The van der Waals surface area contributed by atoms with Crippen LogP contribution in [-0.4, -0.2) is 11.0 Å². The molecule has 1 saturated carbocycles. The molecule has 66 valence electrons. The Morgan fingerprint density at radius 3 is 2.75 bits per heavy atom. The molecule has 12 heavy (non-hydrogen) atoms. The summed E-state index contributed by atoms with van der Waals surface area (Å²) in [4.78, 5) is 4.42. The van der Waals surface area contributed by atoms with Crippen molar-refractivity contribution in [1.29, 1.82) is 0 Å². The first-order valence-corrected chi connectivity index (χ1v) is 5.69. The third-order valence-corrected chi connectivity index (χ3v) is 4.01. The average molecular weight is 247 g/mol. The number of hydrogen-bond acceptors (Lipinski definition) is 3. The molecule has 4 heteroatoms. The maximum atomic E-state index is 5.92. The largest absolute Gasteiger partial charge is 0.327 e. The molecule has 1 aromatic heterocycles. The Bertz CT molecular complexity index is 291. The van der Waals surface area contributed by atoms with E-state index in [2.05, 4.69) is 33.2 Å². The molecule has 2 nitrogen and oxygen atoms in total. The number of rotatable bonds is 2. The summed E-state index contributed by atoms with van der Waals surface area (Å²) in [5.41, 5.74) is 7.31. The molecule has 1 heterocycles. The van der Waals surface area contributed by atoms with Crippen LogP contribution >= 0.6 is 27.3 Å². The van der Waals surface area contributed by atoms with Gasteiger partial charge in [-0.2, -0.15) is 0 Å². The Balaban J connectivity index is 2.30. The fourth-order valence-corrected chi connectivity index (χ4v) is 2.68. The highest BCUT2D eigenvalue weighted by Gasteiger charge is 2.49. The molecular formula is C8H11BrN2S. The molecule has 0 aliphatic heterocycles. The maximum Gasteiger partial charge on any atom is 0.159 e. The first-order valence-electron chi connectivity index (χ1n) is 4.02. The van der Waals surface area contributed by atoms with Gasteiger partial charge in [-0.3, -0.25) is 0 Å². The number of hydrogen-bond donors (Lipinski definition) is 1. The Hall–Kier alpha value is 0.0700. The SMILES string of the molecule is CC(N)C1(c2csc(Br)n2)CC1. The molecule has 1 aliphatic rings. The summed E-state index contributed by atoms with van der Waals surface area (Å²) in [6, 6.07) is 0.228. The lowest BCUT2D eigenvalue weighted by atomic mass is 9.96. The zero-order chi connectivity index (χ0) is 8.77. The van der Waals surface area contributed by atoms with Crippen molar-refractivity contribution in [2.24, 2.45) is 5.73 Å². The molecule has 0 bridgehead atoms. The number of nitrogens with zero attached hydrogens (tertiary/aromatic N) is 1. The van der Waals surface area contributed by atoms with E-state index in [0.717, 1.165) is 3.92 Å². The molecule has 1 fully saturated rings. The van der Waals surface area contributed by atoms with Crippen LogP contribution in [0.1, 0.15) is 25.5 Å². The van der Waals surface area contributed by atoms with E-state index in [-0.39, 0.29) is 11.5 Å². The van der Waals surface area contributed by atoms with Gasteiger partial charge in [0, 0.05) is 16.8 Å². The van der Waals surface area contributed by atoms with Crippen molar-refractivity contribution in [3.8, 4) is 0 Å². The van der Waals surface area contributed by atoms with Crippen molar-refractivity contribution in [2.45, 2.75) is 31.2 Å². The van der Waals surface area contributed by atoms with Gasteiger partial charge >= 0.3 is 0 Å². The zero-order valence-electron chi connectivity index (χ0n) is 6.88. The maximum absolute atomic E-state index is 5.92. The molecule has 0 spiro atoms. The molecule has 1 atom stereocenters. The second kappa shape index (κ2) is 2.79. The summed E-state index contributed by atoms with van der Waals surface area (Å²) < 4.78 is 0.962. The standard InChI is InChI=1S/C8H11BrN2S/c1-5(10)8(2-3-8)6-4-12-7(9)11-6/h4-5H,2-3,10H2,1H3. The lowest BCUT2D eigenvalue weighted by Crippen LogP contribution is -2.31. The van der Waals surface area contributed by atoms with Crippen molar-refractivity contribution < 1.29 is 0 Å². The summed E-state index contributed by atoms with van der Waals surface area (Å²) in [5.74, 6) is 0. The van der Waals surface area contributed by atoms with Gasteiger partial charge in [-0.15, -0.1) is 11.3 Å². The van der Waals surface area contributed by atoms with E-state index in [1.807, 2.05) is 0 Å². The lowest BCUT2D eigenvalue weighted by Gasteiger charge is -2.16. The van der Waals surface area contributed by atoms with Crippen LogP contribution in [0.15, 0.2) is 9.30 Å². The van der Waals surface area contributed by atoms with Gasteiger partial charge in [0.2, 0.25) is 0 Å². The topological polar surface area (TPSA) is 38.9 Å². The third-order valence-electron chi connectivity index (χ3n) is 2.65. The Labute approximate surface area is 84.3 Å². The minimum absolute atomic E-state index is 0.211. The minimum Gasteiger partial charge on any atom is -0.327 e. The predicted octanol–water partition coefficient (Wildman–Crippen LogP) is 2.28. The quantitative estimate of drug-likeness (QED) is 0.870. The van der Waals surface area contributed by atoms with Crippen molar-refractivity contribution in [2.75, 3.05) is 0 Å². The summed E-state index contributed by atoms with van der Waals surface area (Å²) in [6.07, 6.45) is 2.39. The molecule has 1 aliphatic carbocycles. The van der Waals surface area contributed by atoms with Crippen molar-refractivity contribution in [3.05, 3.63) is 15.0 Å². The van der Waals surface area contributed by atoms with Crippen LogP contribution in [-0.2, 0) is 5.41 Å². The summed E-state index contributed by atoms with van der Waals surface area (Å²) in [7, 11) is 0. The first kappa shape index (κ1) is 8.66. The van der Waals surface area contributed by atoms with Gasteiger partial charge in [0.25, 0.3) is 0 Å². The smallest absolute Gasteiger partial charge is 0.159 e. The van der Waals surface area contributed by atoms with Gasteiger partial charge in [-0.1, -0.05) is 0 Å². The number of nitrogens with two attached hydrogens (primary N) is 1. The van der Waals surface area contributed by atoms with Gasteiger partial charge in [0.05, 0.1) is 5.69 Å². The van der Waals surface area contributed by atoms with Crippen LogP contribution in [0.3, 0.4) is 0 Å². The van der Waals surface area contributed by atoms with Gasteiger partial charge < -0.3 is 5.73 Å². The second-order valence-electron chi connectivity index (χ2n) is 3.43. The van der Waals surface area contributed by atoms with Gasteiger partial charge in [0.15, 0.2) is 3.92 Å². The molecule has 1 unspecified atom stereocenters. The minimum atomic E-state index is 0.211. The zero-order valence-corrected chi connectivity index (χ0v) is 9.28.